The highest BCUT2D eigenvalue weighted by Gasteiger charge is 2.37. The first-order valence-corrected chi connectivity index (χ1v) is 8.60. The molecule has 24 heavy (non-hydrogen) atoms. The molecule has 2 heterocycles. The maximum absolute atomic E-state index is 13.3. The van der Waals surface area contributed by atoms with Crippen LogP contribution in [0, 0.1) is 5.82 Å². The van der Waals surface area contributed by atoms with E-state index in [9.17, 15) is 9.18 Å². The Bertz CT molecular complexity index is 739. The second-order valence-corrected chi connectivity index (χ2v) is 6.71. The first kappa shape index (κ1) is 15.3. The molecule has 1 aromatic carbocycles. The minimum absolute atomic E-state index is 0.0366. The molecule has 1 aliphatic heterocycles. The van der Waals surface area contributed by atoms with Gasteiger partial charge in [0.25, 0.3) is 5.89 Å². The van der Waals surface area contributed by atoms with Gasteiger partial charge in [0.05, 0.1) is 0 Å². The molecule has 2 aromatic rings. The Kier molecular flexibility index (Phi) is 4.04. The summed E-state index contributed by atoms with van der Waals surface area (Å²) in [5, 5.41) is 4.03. The predicted octanol–water partition coefficient (Wildman–Crippen LogP) is 3.52. The third-order valence-corrected chi connectivity index (χ3v) is 5.05. The highest BCUT2D eigenvalue weighted by molar-refractivity contribution is 5.80. The van der Waals surface area contributed by atoms with E-state index in [1.807, 2.05) is 4.90 Å². The van der Waals surface area contributed by atoms with Gasteiger partial charge >= 0.3 is 0 Å². The number of aromatic nitrogens is 2. The normalized spacial score (nSPS) is 22.3. The average molecular weight is 329 g/mol. The van der Waals surface area contributed by atoms with Gasteiger partial charge in [0.1, 0.15) is 5.82 Å². The van der Waals surface area contributed by atoms with Crippen LogP contribution >= 0.6 is 0 Å². The Balaban J connectivity index is 1.50. The number of amides is 1. The molecule has 1 aliphatic carbocycles. The number of benzene rings is 1. The summed E-state index contributed by atoms with van der Waals surface area (Å²) in [5.41, 5.74) is 0.558. The Morgan fingerprint density at radius 3 is 2.83 bits per heavy atom. The lowest BCUT2D eigenvalue weighted by Crippen LogP contribution is -2.37. The van der Waals surface area contributed by atoms with Gasteiger partial charge in [-0.05, 0) is 31.0 Å². The quantitative estimate of drug-likeness (QED) is 0.864. The molecule has 1 amide bonds. The molecule has 0 unspecified atom stereocenters. The fraction of sp³-hybridized carbons (Fsp3) is 0.500. The van der Waals surface area contributed by atoms with E-state index in [1.165, 1.54) is 31.4 Å². The van der Waals surface area contributed by atoms with Crippen molar-refractivity contribution >= 4 is 5.91 Å². The van der Waals surface area contributed by atoms with Crippen molar-refractivity contribution in [2.75, 3.05) is 6.54 Å². The summed E-state index contributed by atoms with van der Waals surface area (Å²) >= 11 is 0. The van der Waals surface area contributed by atoms with Gasteiger partial charge in [-0.3, -0.25) is 4.79 Å². The van der Waals surface area contributed by atoms with Crippen LogP contribution in [0.25, 0.3) is 11.5 Å². The number of halogens is 1. The Morgan fingerprint density at radius 1 is 1.21 bits per heavy atom. The number of carbonyl (C=O) groups is 1. The zero-order chi connectivity index (χ0) is 16.5. The largest absolute Gasteiger partial charge is 0.339 e. The highest BCUT2D eigenvalue weighted by Crippen LogP contribution is 2.33. The minimum atomic E-state index is -0.341. The van der Waals surface area contributed by atoms with Crippen molar-refractivity contribution in [3.05, 3.63) is 35.9 Å². The Labute approximate surface area is 139 Å². The third-order valence-electron chi connectivity index (χ3n) is 5.05. The summed E-state index contributed by atoms with van der Waals surface area (Å²) in [4.78, 5) is 18.8. The lowest BCUT2D eigenvalue weighted by Gasteiger charge is -2.31. The second-order valence-electron chi connectivity index (χ2n) is 6.71. The van der Waals surface area contributed by atoms with E-state index in [0.717, 1.165) is 12.8 Å². The van der Waals surface area contributed by atoms with Gasteiger partial charge in [-0.15, -0.1) is 0 Å². The molecule has 0 bridgehead atoms. The van der Waals surface area contributed by atoms with E-state index in [-0.39, 0.29) is 17.6 Å². The fourth-order valence-corrected chi connectivity index (χ4v) is 3.79. The van der Waals surface area contributed by atoms with E-state index in [1.54, 1.807) is 12.1 Å². The van der Waals surface area contributed by atoms with E-state index < -0.39 is 0 Å². The van der Waals surface area contributed by atoms with Crippen molar-refractivity contribution in [3.8, 4) is 11.5 Å². The van der Waals surface area contributed by atoms with Gasteiger partial charge in [0.2, 0.25) is 5.91 Å². The molecule has 0 N–H and O–H groups in total. The van der Waals surface area contributed by atoms with Crippen LogP contribution in [0.4, 0.5) is 4.39 Å². The topological polar surface area (TPSA) is 59.2 Å². The monoisotopic (exact) mass is 329 g/mol. The van der Waals surface area contributed by atoms with E-state index in [2.05, 4.69) is 10.1 Å². The molecule has 2 fully saturated rings. The first-order chi connectivity index (χ1) is 11.7. The molecular weight excluding hydrogens is 309 g/mol. The number of hydrogen-bond acceptors (Lipinski definition) is 4. The van der Waals surface area contributed by atoms with Crippen molar-refractivity contribution in [2.45, 2.75) is 50.5 Å². The minimum Gasteiger partial charge on any atom is -0.339 e. The third kappa shape index (κ3) is 2.92. The summed E-state index contributed by atoms with van der Waals surface area (Å²) in [6.07, 6.45) is 6.29. The maximum Gasteiger partial charge on any atom is 0.258 e. The number of nitrogens with zero attached hydrogens (tertiary/aromatic N) is 3. The SMILES string of the molecule is O=C1C[C@@H](c2noc(-c3cccc(F)c3)n2)CN1C1CCCCC1. The summed E-state index contributed by atoms with van der Waals surface area (Å²) < 4.78 is 18.6. The smallest absolute Gasteiger partial charge is 0.258 e. The van der Waals surface area contributed by atoms with Crippen molar-refractivity contribution in [3.63, 3.8) is 0 Å². The summed E-state index contributed by atoms with van der Waals surface area (Å²) in [5.74, 6) is 0.648. The molecule has 126 valence electrons. The summed E-state index contributed by atoms with van der Waals surface area (Å²) in [7, 11) is 0. The van der Waals surface area contributed by atoms with E-state index >= 15 is 0 Å². The van der Waals surface area contributed by atoms with Gasteiger partial charge in [-0.25, -0.2) is 4.39 Å². The molecule has 1 saturated carbocycles. The van der Waals surface area contributed by atoms with Crippen LogP contribution < -0.4 is 0 Å². The van der Waals surface area contributed by atoms with Gasteiger partial charge in [-0.2, -0.15) is 4.98 Å². The molecular formula is C18H20FN3O2. The molecule has 0 spiro atoms. The van der Waals surface area contributed by atoms with E-state index in [0.29, 0.717) is 36.3 Å². The molecule has 4 rings (SSSR count). The first-order valence-electron chi connectivity index (χ1n) is 8.60. The zero-order valence-electron chi connectivity index (χ0n) is 13.4. The predicted molar refractivity (Wildman–Crippen MR) is 85.6 cm³/mol. The fourth-order valence-electron chi connectivity index (χ4n) is 3.79. The van der Waals surface area contributed by atoms with Crippen LogP contribution in [0.3, 0.4) is 0 Å². The van der Waals surface area contributed by atoms with Crippen molar-refractivity contribution in [1.82, 2.24) is 15.0 Å². The van der Waals surface area contributed by atoms with E-state index in [4.69, 9.17) is 4.52 Å². The molecule has 0 radical (unpaired) electrons. The molecule has 1 saturated heterocycles. The number of hydrogen-bond donors (Lipinski definition) is 0. The maximum atomic E-state index is 13.3. The molecule has 1 aromatic heterocycles. The van der Waals surface area contributed by atoms with Gasteiger partial charge < -0.3 is 9.42 Å². The molecule has 5 nitrogen and oxygen atoms in total. The lowest BCUT2D eigenvalue weighted by molar-refractivity contribution is -0.130. The number of rotatable bonds is 3. The van der Waals surface area contributed by atoms with Crippen LogP contribution in [-0.4, -0.2) is 33.5 Å². The Hall–Kier alpha value is -2.24. The molecule has 2 aliphatic rings. The van der Waals surface area contributed by atoms with Gasteiger partial charge in [0, 0.05) is 30.5 Å². The average Bonchev–Trinajstić information content (AvgIpc) is 3.22. The summed E-state index contributed by atoms with van der Waals surface area (Å²) in [6.45, 7) is 0.658. The Morgan fingerprint density at radius 2 is 2.04 bits per heavy atom. The lowest BCUT2D eigenvalue weighted by atomic mass is 9.94. The van der Waals surface area contributed by atoms with Crippen molar-refractivity contribution in [1.29, 1.82) is 0 Å². The van der Waals surface area contributed by atoms with Gasteiger partial charge in [-0.1, -0.05) is 30.5 Å². The molecule has 1 atom stereocenters. The standard InChI is InChI=1S/C18H20FN3O2/c19-14-6-4-5-12(9-14)18-20-17(21-24-18)13-10-16(23)22(11-13)15-7-2-1-3-8-15/h4-6,9,13,15H,1-3,7-8,10-11H2/t13-/m1/s1. The van der Waals surface area contributed by atoms with Crippen molar-refractivity contribution in [2.24, 2.45) is 0 Å². The zero-order valence-corrected chi connectivity index (χ0v) is 13.4. The number of likely N-dealkylation sites (tertiary alicyclic amines) is 1. The van der Waals surface area contributed by atoms with Crippen molar-refractivity contribution < 1.29 is 13.7 Å². The van der Waals surface area contributed by atoms with Crippen LogP contribution in [0.2, 0.25) is 0 Å². The molecule has 6 heteroatoms. The second kappa shape index (κ2) is 6.34. The van der Waals surface area contributed by atoms with Crippen LogP contribution in [-0.2, 0) is 4.79 Å². The van der Waals surface area contributed by atoms with Crippen LogP contribution in [0.15, 0.2) is 28.8 Å². The van der Waals surface area contributed by atoms with Crippen LogP contribution in [0.5, 0.6) is 0 Å². The van der Waals surface area contributed by atoms with Gasteiger partial charge in [0.15, 0.2) is 5.82 Å². The highest BCUT2D eigenvalue weighted by atomic mass is 19.1. The van der Waals surface area contributed by atoms with Crippen LogP contribution in [0.1, 0.15) is 50.3 Å². The number of carbonyl (C=O) groups excluding carboxylic acids is 1. The summed E-state index contributed by atoms with van der Waals surface area (Å²) in [6, 6.07) is 6.45.